The molecular weight excluding hydrogens is 134 g/mol. The second kappa shape index (κ2) is 3.78. The maximum absolute atomic E-state index is 5.15. The summed E-state index contributed by atoms with van der Waals surface area (Å²) in [5, 5.41) is 0. The summed E-state index contributed by atoms with van der Waals surface area (Å²) in [6, 6.07) is 4.07. The van der Waals surface area contributed by atoms with Crippen LogP contribution in [0.25, 0.3) is 0 Å². The SMILES string of the molecule is C#CCCc1ccnc(C)c1. The summed E-state index contributed by atoms with van der Waals surface area (Å²) in [6.07, 6.45) is 8.74. The molecule has 0 aliphatic carbocycles. The van der Waals surface area contributed by atoms with Crippen LogP contribution in [0.1, 0.15) is 17.7 Å². The van der Waals surface area contributed by atoms with E-state index in [1.54, 1.807) is 0 Å². The van der Waals surface area contributed by atoms with Gasteiger partial charge >= 0.3 is 0 Å². The smallest absolute Gasteiger partial charge is 0.0375 e. The van der Waals surface area contributed by atoms with Gasteiger partial charge in [0.1, 0.15) is 0 Å². The van der Waals surface area contributed by atoms with Gasteiger partial charge in [0.05, 0.1) is 0 Å². The van der Waals surface area contributed by atoms with Crippen molar-refractivity contribution in [3.05, 3.63) is 29.6 Å². The van der Waals surface area contributed by atoms with Crippen LogP contribution in [0, 0.1) is 19.3 Å². The van der Waals surface area contributed by atoms with Gasteiger partial charge in [0, 0.05) is 18.3 Å². The minimum Gasteiger partial charge on any atom is -0.262 e. The van der Waals surface area contributed by atoms with Crippen LogP contribution >= 0.6 is 0 Å². The van der Waals surface area contributed by atoms with Crippen LogP contribution in [0.2, 0.25) is 0 Å². The molecule has 0 saturated carbocycles. The standard InChI is InChI=1S/C10H11N/c1-3-4-5-10-6-7-11-9(2)8-10/h1,6-8H,4-5H2,2H3. The molecule has 1 heteroatoms. The maximum Gasteiger partial charge on any atom is 0.0375 e. The summed E-state index contributed by atoms with van der Waals surface area (Å²) in [6.45, 7) is 1.99. The van der Waals surface area contributed by atoms with Gasteiger partial charge in [0.25, 0.3) is 0 Å². The third-order valence-corrected chi connectivity index (χ3v) is 1.52. The first-order chi connectivity index (χ1) is 5.33. The van der Waals surface area contributed by atoms with E-state index in [9.17, 15) is 0 Å². The Bertz CT molecular complexity index is 270. The highest BCUT2D eigenvalue weighted by molar-refractivity contribution is 5.16. The Balaban J connectivity index is 2.65. The fourth-order valence-corrected chi connectivity index (χ4v) is 0.976. The van der Waals surface area contributed by atoms with Crippen LogP contribution < -0.4 is 0 Å². The first-order valence-corrected chi connectivity index (χ1v) is 3.68. The van der Waals surface area contributed by atoms with Crippen molar-refractivity contribution in [2.24, 2.45) is 0 Å². The molecule has 0 saturated heterocycles. The van der Waals surface area contributed by atoms with Crippen LogP contribution in [0.15, 0.2) is 18.3 Å². The topological polar surface area (TPSA) is 12.9 Å². The number of terminal acetylenes is 1. The van der Waals surface area contributed by atoms with Gasteiger partial charge in [-0.15, -0.1) is 12.3 Å². The Morgan fingerprint density at radius 3 is 3.09 bits per heavy atom. The average Bonchev–Trinajstić information content (AvgIpc) is 2.01. The lowest BCUT2D eigenvalue weighted by Gasteiger charge is -1.97. The van der Waals surface area contributed by atoms with Crippen molar-refractivity contribution in [2.75, 3.05) is 0 Å². The predicted octanol–water partition coefficient (Wildman–Crippen LogP) is 1.96. The molecule has 0 amide bonds. The van der Waals surface area contributed by atoms with Crippen LogP contribution in [0.5, 0.6) is 0 Å². The van der Waals surface area contributed by atoms with Crippen molar-refractivity contribution in [3.63, 3.8) is 0 Å². The summed E-state index contributed by atoms with van der Waals surface area (Å²) in [5.41, 5.74) is 2.33. The summed E-state index contributed by atoms with van der Waals surface area (Å²) in [4.78, 5) is 4.10. The molecule has 1 aromatic rings. The Morgan fingerprint density at radius 2 is 2.45 bits per heavy atom. The van der Waals surface area contributed by atoms with Crippen LogP contribution in [0.3, 0.4) is 0 Å². The van der Waals surface area contributed by atoms with E-state index in [0.717, 1.165) is 18.5 Å². The summed E-state index contributed by atoms with van der Waals surface area (Å²) >= 11 is 0. The first kappa shape index (κ1) is 7.81. The Kier molecular flexibility index (Phi) is 2.68. The number of hydrogen-bond acceptors (Lipinski definition) is 1. The van der Waals surface area contributed by atoms with Gasteiger partial charge in [-0.25, -0.2) is 0 Å². The fourth-order valence-electron chi connectivity index (χ4n) is 0.976. The molecule has 1 heterocycles. The van der Waals surface area contributed by atoms with E-state index in [1.807, 2.05) is 19.2 Å². The van der Waals surface area contributed by atoms with Gasteiger partial charge in [0.2, 0.25) is 0 Å². The highest BCUT2D eigenvalue weighted by Crippen LogP contribution is 2.02. The molecule has 0 unspecified atom stereocenters. The lowest BCUT2D eigenvalue weighted by atomic mass is 10.1. The van der Waals surface area contributed by atoms with E-state index in [0.29, 0.717) is 0 Å². The molecule has 0 aliphatic rings. The summed E-state index contributed by atoms with van der Waals surface area (Å²) < 4.78 is 0. The summed E-state index contributed by atoms with van der Waals surface area (Å²) in [5.74, 6) is 2.62. The predicted molar refractivity (Wildman–Crippen MR) is 46.1 cm³/mol. The second-order valence-electron chi connectivity index (χ2n) is 2.51. The molecule has 0 aromatic carbocycles. The molecule has 1 nitrogen and oxygen atoms in total. The number of pyridine rings is 1. The van der Waals surface area contributed by atoms with Gasteiger partial charge in [-0.2, -0.15) is 0 Å². The molecule has 1 rings (SSSR count). The van der Waals surface area contributed by atoms with Crippen molar-refractivity contribution in [3.8, 4) is 12.3 Å². The second-order valence-corrected chi connectivity index (χ2v) is 2.51. The number of rotatable bonds is 2. The highest BCUT2D eigenvalue weighted by Gasteiger charge is 1.91. The third-order valence-electron chi connectivity index (χ3n) is 1.52. The zero-order valence-electron chi connectivity index (χ0n) is 6.67. The largest absolute Gasteiger partial charge is 0.262 e. The number of hydrogen-bond donors (Lipinski definition) is 0. The van der Waals surface area contributed by atoms with E-state index >= 15 is 0 Å². The molecule has 0 aliphatic heterocycles. The zero-order chi connectivity index (χ0) is 8.10. The zero-order valence-corrected chi connectivity index (χ0v) is 6.67. The first-order valence-electron chi connectivity index (χ1n) is 3.68. The lowest BCUT2D eigenvalue weighted by molar-refractivity contribution is 1.01. The number of nitrogens with zero attached hydrogens (tertiary/aromatic N) is 1. The Labute approximate surface area is 67.5 Å². The van der Waals surface area contributed by atoms with E-state index in [2.05, 4.69) is 17.0 Å². The van der Waals surface area contributed by atoms with Gasteiger partial charge < -0.3 is 0 Å². The molecule has 56 valence electrons. The molecule has 0 atom stereocenters. The van der Waals surface area contributed by atoms with E-state index in [4.69, 9.17) is 6.42 Å². The number of aromatic nitrogens is 1. The average molecular weight is 145 g/mol. The Hall–Kier alpha value is -1.29. The molecule has 0 radical (unpaired) electrons. The van der Waals surface area contributed by atoms with Crippen LogP contribution in [0.4, 0.5) is 0 Å². The third kappa shape index (κ3) is 2.43. The van der Waals surface area contributed by atoms with Crippen molar-refractivity contribution in [1.82, 2.24) is 4.98 Å². The van der Waals surface area contributed by atoms with Gasteiger partial charge in [-0.3, -0.25) is 4.98 Å². The highest BCUT2D eigenvalue weighted by atomic mass is 14.6. The minimum absolute atomic E-state index is 0.809. The van der Waals surface area contributed by atoms with E-state index in [1.165, 1.54) is 5.56 Å². The number of aryl methyl sites for hydroxylation is 2. The fraction of sp³-hybridized carbons (Fsp3) is 0.300. The molecule has 0 spiro atoms. The molecule has 1 aromatic heterocycles. The van der Waals surface area contributed by atoms with E-state index < -0.39 is 0 Å². The van der Waals surface area contributed by atoms with Crippen molar-refractivity contribution in [2.45, 2.75) is 19.8 Å². The van der Waals surface area contributed by atoms with Crippen LogP contribution in [-0.2, 0) is 6.42 Å². The monoisotopic (exact) mass is 145 g/mol. The maximum atomic E-state index is 5.15. The van der Waals surface area contributed by atoms with Crippen LogP contribution in [-0.4, -0.2) is 4.98 Å². The van der Waals surface area contributed by atoms with Crippen molar-refractivity contribution in [1.29, 1.82) is 0 Å². The van der Waals surface area contributed by atoms with Crippen molar-refractivity contribution >= 4 is 0 Å². The lowest BCUT2D eigenvalue weighted by Crippen LogP contribution is -1.86. The molecule has 11 heavy (non-hydrogen) atoms. The molecule has 0 fully saturated rings. The van der Waals surface area contributed by atoms with Crippen molar-refractivity contribution < 1.29 is 0 Å². The van der Waals surface area contributed by atoms with Gasteiger partial charge in [-0.05, 0) is 31.0 Å². The Morgan fingerprint density at radius 1 is 1.64 bits per heavy atom. The molecular formula is C10H11N. The minimum atomic E-state index is 0.809. The molecule has 0 N–H and O–H groups in total. The normalized spacial score (nSPS) is 9.09. The molecule has 0 bridgehead atoms. The quantitative estimate of drug-likeness (QED) is 0.580. The van der Waals surface area contributed by atoms with E-state index in [-0.39, 0.29) is 0 Å². The van der Waals surface area contributed by atoms with Gasteiger partial charge in [-0.1, -0.05) is 0 Å². The van der Waals surface area contributed by atoms with Gasteiger partial charge in [0.15, 0.2) is 0 Å². The summed E-state index contributed by atoms with van der Waals surface area (Å²) in [7, 11) is 0.